The van der Waals surface area contributed by atoms with E-state index >= 15 is 0 Å². The third-order valence-electron chi connectivity index (χ3n) is 3.82. The first-order valence-electron chi connectivity index (χ1n) is 7.40. The van der Waals surface area contributed by atoms with Gasteiger partial charge in [-0.2, -0.15) is 0 Å². The first-order chi connectivity index (χ1) is 11.4. The van der Waals surface area contributed by atoms with E-state index < -0.39 is 4.92 Å². The fourth-order valence-corrected chi connectivity index (χ4v) is 3.02. The smallest absolute Gasteiger partial charge is 0.289 e. The van der Waals surface area contributed by atoms with Crippen molar-refractivity contribution >= 4 is 23.1 Å². The molecule has 6 nitrogen and oxygen atoms in total. The first kappa shape index (κ1) is 16.6. The van der Waals surface area contributed by atoms with Crippen molar-refractivity contribution < 1.29 is 14.1 Å². The SMILES string of the molecule is CC1CN(c2ncc([N+](=O)[O-])cc2Cl)CC(c2ccc(F)cc2)O1. The van der Waals surface area contributed by atoms with Gasteiger partial charge in [-0.1, -0.05) is 23.7 Å². The normalized spacial score (nSPS) is 20.9. The van der Waals surface area contributed by atoms with Crippen LogP contribution in [0, 0.1) is 15.9 Å². The summed E-state index contributed by atoms with van der Waals surface area (Å²) in [5.74, 6) is 0.170. The number of nitro groups is 1. The Kier molecular flexibility index (Phi) is 4.64. The summed E-state index contributed by atoms with van der Waals surface area (Å²) in [6.07, 6.45) is 0.832. The zero-order valence-electron chi connectivity index (χ0n) is 12.9. The minimum absolute atomic E-state index is 0.0955. The van der Waals surface area contributed by atoms with Crippen LogP contribution in [-0.2, 0) is 4.74 Å². The molecule has 2 atom stereocenters. The number of anilines is 1. The van der Waals surface area contributed by atoms with E-state index in [2.05, 4.69) is 4.98 Å². The number of pyridine rings is 1. The molecular formula is C16H15ClFN3O3. The van der Waals surface area contributed by atoms with Gasteiger partial charge < -0.3 is 9.64 Å². The van der Waals surface area contributed by atoms with Crippen LogP contribution in [0.15, 0.2) is 36.5 Å². The molecule has 0 aliphatic carbocycles. The van der Waals surface area contributed by atoms with E-state index in [4.69, 9.17) is 16.3 Å². The van der Waals surface area contributed by atoms with Crippen molar-refractivity contribution in [2.45, 2.75) is 19.1 Å². The molecule has 2 aromatic rings. The third kappa shape index (κ3) is 3.47. The highest BCUT2D eigenvalue weighted by Crippen LogP contribution is 2.32. The van der Waals surface area contributed by atoms with Gasteiger partial charge in [-0.15, -0.1) is 0 Å². The molecule has 1 aliphatic heterocycles. The van der Waals surface area contributed by atoms with Gasteiger partial charge in [-0.25, -0.2) is 9.37 Å². The van der Waals surface area contributed by atoms with Gasteiger partial charge in [-0.3, -0.25) is 10.1 Å². The molecule has 0 spiro atoms. The van der Waals surface area contributed by atoms with Crippen LogP contribution >= 0.6 is 11.6 Å². The molecule has 0 amide bonds. The Morgan fingerprint density at radius 3 is 2.71 bits per heavy atom. The molecule has 126 valence electrons. The average molecular weight is 352 g/mol. The summed E-state index contributed by atoms with van der Waals surface area (Å²) in [6, 6.07) is 7.43. The van der Waals surface area contributed by atoms with E-state index in [9.17, 15) is 14.5 Å². The zero-order chi connectivity index (χ0) is 17.3. The van der Waals surface area contributed by atoms with Crippen molar-refractivity contribution in [1.29, 1.82) is 0 Å². The zero-order valence-corrected chi connectivity index (χ0v) is 13.6. The predicted octanol–water partition coefficient (Wildman–Crippen LogP) is 3.75. The summed E-state index contributed by atoms with van der Waals surface area (Å²) in [4.78, 5) is 16.3. The standard InChI is InChI=1S/C16H15ClFN3O3/c1-10-8-20(16-14(17)6-13(7-19-16)21(22)23)9-15(24-10)11-2-4-12(18)5-3-11/h2-7,10,15H,8-9H2,1H3. The average Bonchev–Trinajstić information content (AvgIpc) is 2.54. The number of benzene rings is 1. The summed E-state index contributed by atoms with van der Waals surface area (Å²) < 4.78 is 19.0. The van der Waals surface area contributed by atoms with Gasteiger partial charge in [0.25, 0.3) is 5.69 Å². The van der Waals surface area contributed by atoms with Crippen LogP contribution in [0.25, 0.3) is 0 Å². The van der Waals surface area contributed by atoms with E-state index in [0.717, 1.165) is 5.56 Å². The van der Waals surface area contributed by atoms with Gasteiger partial charge in [0.05, 0.1) is 16.0 Å². The van der Waals surface area contributed by atoms with Crippen molar-refractivity contribution in [3.8, 4) is 0 Å². The van der Waals surface area contributed by atoms with Crippen molar-refractivity contribution in [1.82, 2.24) is 4.98 Å². The molecule has 0 saturated carbocycles. The van der Waals surface area contributed by atoms with Gasteiger partial charge in [0.15, 0.2) is 0 Å². The topological polar surface area (TPSA) is 68.5 Å². The number of nitrogens with zero attached hydrogens (tertiary/aromatic N) is 3. The number of halogens is 2. The van der Waals surface area contributed by atoms with E-state index in [1.807, 2.05) is 11.8 Å². The second kappa shape index (κ2) is 6.70. The molecule has 1 aromatic heterocycles. The molecule has 0 N–H and O–H groups in total. The Morgan fingerprint density at radius 1 is 1.38 bits per heavy atom. The molecule has 0 radical (unpaired) electrons. The van der Waals surface area contributed by atoms with Gasteiger partial charge in [0.1, 0.15) is 23.9 Å². The van der Waals surface area contributed by atoms with Crippen molar-refractivity contribution in [3.63, 3.8) is 0 Å². The monoisotopic (exact) mass is 351 g/mol. The quantitative estimate of drug-likeness (QED) is 0.622. The molecule has 1 aromatic carbocycles. The van der Waals surface area contributed by atoms with Gasteiger partial charge in [0.2, 0.25) is 0 Å². The van der Waals surface area contributed by atoms with Crippen LogP contribution in [0.3, 0.4) is 0 Å². The number of hydrogen-bond acceptors (Lipinski definition) is 5. The minimum atomic E-state index is -0.536. The largest absolute Gasteiger partial charge is 0.367 e. The number of hydrogen-bond donors (Lipinski definition) is 0. The Hall–Kier alpha value is -2.25. The lowest BCUT2D eigenvalue weighted by molar-refractivity contribution is -0.385. The molecule has 2 unspecified atom stereocenters. The maximum Gasteiger partial charge on any atom is 0.289 e. The fraction of sp³-hybridized carbons (Fsp3) is 0.312. The van der Waals surface area contributed by atoms with E-state index in [1.165, 1.54) is 24.4 Å². The lowest BCUT2D eigenvalue weighted by atomic mass is 10.1. The maximum absolute atomic E-state index is 13.1. The number of aromatic nitrogens is 1. The molecule has 0 bridgehead atoms. The second-order valence-corrected chi connectivity index (χ2v) is 6.06. The van der Waals surface area contributed by atoms with Crippen molar-refractivity contribution in [2.24, 2.45) is 0 Å². The number of morpholine rings is 1. The summed E-state index contributed by atoms with van der Waals surface area (Å²) in [6.45, 7) is 2.95. The molecule has 24 heavy (non-hydrogen) atoms. The molecule has 1 saturated heterocycles. The fourth-order valence-electron chi connectivity index (χ4n) is 2.74. The lowest BCUT2D eigenvalue weighted by Crippen LogP contribution is -2.43. The van der Waals surface area contributed by atoms with Crippen LogP contribution in [0.2, 0.25) is 5.02 Å². The Balaban J connectivity index is 1.85. The molecule has 3 rings (SSSR count). The van der Waals surface area contributed by atoms with Gasteiger partial charge in [-0.05, 0) is 24.6 Å². The summed E-state index contributed by atoms with van der Waals surface area (Å²) in [5, 5.41) is 11.0. The number of ether oxygens (including phenoxy) is 1. The lowest BCUT2D eigenvalue weighted by Gasteiger charge is -2.38. The minimum Gasteiger partial charge on any atom is -0.367 e. The highest BCUT2D eigenvalue weighted by Gasteiger charge is 2.29. The maximum atomic E-state index is 13.1. The summed E-state index contributed by atoms with van der Waals surface area (Å²) in [5.41, 5.74) is 0.700. The Labute approximate surface area is 143 Å². The third-order valence-corrected chi connectivity index (χ3v) is 4.10. The molecule has 2 heterocycles. The van der Waals surface area contributed by atoms with Crippen molar-refractivity contribution in [3.05, 3.63) is 63.0 Å². The van der Waals surface area contributed by atoms with Crippen LogP contribution < -0.4 is 4.90 Å². The molecular weight excluding hydrogens is 337 g/mol. The van der Waals surface area contributed by atoms with Crippen LogP contribution in [0.4, 0.5) is 15.9 Å². The van der Waals surface area contributed by atoms with Crippen molar-refractivity contribution in [2.75, 3.05) is 18.0 Å². The predicted molar refractivity (Wildman–Crippen MR) is 87.8 cm³/mol. The Bertz CT molecular complexity index is 757. The molecule has 8 heteroatoms. The number of rotatable bonds is 3. The summed E-state index contributed by atoms with van der Waals surface area (Å²) >= 11 is 6.17. The van der Waals surface area contributed by atoms with Crippen LogP contribution in [0.1, 0.15) is 18.6 Å². The van der Waals surface area contributed by atoms with E-state index in [-0.39, 0.29) is 28.7 Å². The van der Waals surface area contributed by atoms with E-state index in [0.29, 0.717) is 18.9 Å². The second-order valence-electron chi connectivity index (χ2n) is 5.65. The molecule has 1 fully saturated rings. The molecule has 1 aliphatic rings. The first-order valence-corrected chi connectivity index (χ1v) is 7.77. The Morgan fingerprint density at radius 2 is 2.08 bits per heavy atom. The van der Waals surface area contributed by atoms with E-state index in [1.54, 1.807) is 12.1 Å². The highest BCUT2D eigenvalue weighted by atomic mass is 35.5. The van der Waals surface area contributed by atoms with Gasteiger partial charge in [0, 0.05) is 19.2 Å². The van der Waals surface area contributed by atoms with Gasteiger partial charge >= 0.3 is 0 Å². The summed E-state index contributed by atoms with van der Waals surface area (Å²) in [7, 11) is 0. The highest BCUT2D eigenvalue weighted by molar-refractivity contribution is 6.33. The van der Waals surface area contributed by atoms with Crippen LogP contribution in [0.5, 0.6) is 0 Å². The van der Waals surface area contributed by atoms with Crippen LogP contribution in [-0.4, -0.2) is 29.1 Å².